The second-order valence-electron chi connectivity index (χ2n) is 7.21. The number of methoxy groups -OCH3 is 1. The van der Waals surface area contributed by atoms with Gasteiger partial charge in [0.2, 0.25) is 6.41 Å². The molecular weight excluding hydrogens is 366 g/mol. The van der Waals surface area contributed by atoms with E-state index in [-0.39, 0.29) is 6.04 Å². The third kappa shape index (κ3) is 3.75. The summed E-state index contributed by atoms with van der Waals surface area (Å²) in [5.41, 5.74) is 4.56. The standard InChI is InChI=1S/C23H27N3O3/c1-3-29-23-13-18-16(12-22(23)28-2)9-11-26(15-27)21(18)8-10-24-20-14-25-19-7-5-4-6-17(19)20/h4-7,12-15,21,24-25H,3,8-11H2,1-2H3/t21-/m0/s1. The molecule has 0 aliphatic carbocycles. The number of hydrogen-bond donors (Lipinski definition) is 2. The number of para-hydroxylation sites is 1. The quantitative estimate of drug-likeness (QED) is 0.565. The van der Waals surface area contributed by atoms with Crippen molar-refractivity contribution in [3.63, 3.8) is 0 Å². The fourth-order valence-electron chi connectivity index (χ4n) is 4.17. The van der Waals surface area contributed by atoms with Gasteiger partial charge < -0.3 is 24.7 Å². The Balaban J connectivity index is 1.55. The third-order valence-corrected chi connectivity index (χ3v) is 5.58. The first kappa shape index (κ1) is 19.2. The second kappa shape index (κ2) is 8.47. The van der Waals surface area contributed by atoms with Crippen molar-refractivity contribution in [2.24, 2.45) is 0 Å². The monoisotopic (exact) mass is 393 g/mol. The van der Waals surface area contributed by atoms with Gasteiger partial charge in [0.05, 0.1) is 25.4 Å². The molecule has 1 aliphatic rings. The topological polar surface area (TPSA) is 66.6 Å². The van der Waals surface area contributed by atoms with Crippen LogP contribution in [0.15, 0.2) is 42.6 Å². The third-order valence-electron chi connectivity index (χ3n) is 5.58. The number of amides is 1. The number of carbonyl (C=O) groups is 1. The molecule has 1 aromatic heterocycles. The highest BCUT2D eigenvalue weighted by atomic mass is 16.5. The summed E-state index contributed by atoms with van der Waals surface area (Å²) in [6, 6.07) is 12.3. The molecule has 6 heteroatoms. The number of hydrogen-bond acceptors (Lipinski definition) is 4. The second-order valence-corrected chi connectivity index (χ2v) is 7.21. The number of anilines is 1. The lowest BCUT2D eigenvalue weighted by Gasteiger charge is -2.35. The minimum absolute atomic E-state index is 0.0130. The molecule has 1 aliphatic heterocycles. The largest absolute Gasteiger partial charge is 0.493 e. The highest BCUT2D eigenvalue weighted by Crippen LogP contribution is 2.39. The maximum atomic E-state index is 11.7. The lowest BCUT2D eigenvalue weighted by atomic mass is 9.90. The molecule has 152 valence electrons. The molecule has 0 fully saturated rings. The van der Waals surface area contributed by atoms with Crippen LogP contribution in [0.5, 0.6) is 11.5 Å². The molecule has 2 N–H and O–H groups in total. The molecule has 0 saturated carbocycles. The molecule has 2 aromatic carbocycles. The van der Waals surface area contributed by atoms with Gasteiger partial charge in [-0.25, -0.2) is 0 Å². The maximum absolute atomic E-state index is 11.7. The van der Waals surface area contributed by atoms with E-state index < -0.39 is 0 Å². The Morgan fingerprint density at radius 3 is 2.93 bits per heavy atom. The summed E-state index contributed by atoms with van der Waals surface area (Å²) in [6.07, 6.45) is 4.59. The lowest BCUT2D eigenvalue weighted by molar-refractivity contribution is -0.120. The van der Waals surface area contributed by atoms with E-state index in [0.29, 0.717) is 13.2 Å². The molecule has 0 saturated heterocycles. The SMILES string of the molecule is CCOc1cc2c(cc1OC)CCN(C=O)[C@H]2CCNc1c[nH]c2ccccc12. The normalized spacial score (nSPS) is 15.8. The first-order chi connectivity index (χ1) is 14.2. The highest BCUT2D eigenvalue weighted by molar-refractivity contribution is 5.92. The number of ether oxygens (including phenoxy) is 2. The van der Waals surface area contributed by atoms with Crippen LogP contribution in [0.4, 0.5) is 5.69 Å². The van der Waals surface area contributed by atoms with Gasteiger partial charge in [-0.1, -0.05) is 18.2 Å². The molecule has 0 bridgehead atoms. The van der Waals surface area contributed by atoms with Gasteiger partial charge in [-0.15, -0.1) is 0 Å². The number of fused-ring (bicyclic) bond motifs is 2. The number of aromatic amines is 1. The van der Waals surface area contributed by atoms with Gasteiger partial charge in [0, 0.05) is 30.2 Å². The molecule has 1 atom stereocenters. The van der Waals surface area contributed by atoms with Crippen molar-refractivity contribution < 1.29 is 14.3 Å². The van der Waals surface area contributed by atoms with Gasteiger partial charge in [-0.2, -0.15) is 0 Å². The Hall–Kier alpha value is -3.15. The van der Waals surface area contributed by atoms with E-state index in [1.54, 1.807) is 7.11 Å². The van der Waals surface area contributed by atoms with Gasteiger partial charge in [-0.05, 0) is 49.1 Å². The zero-order valence-corrected chi connectivity index (χ0v) is 16.9. The molecule has 0 unspecified atom stereocenters. The first-order valence-electron chi connectivity index (χ1n) is 10.1. The Bertz CT molecular complexity index is 998. The molecule has 4 rings (SSSR count). The summed E-state index contributed by atoms with van der Waals surface area (Å²) < 4.78 is 11.3. The summed E-state index contributed by atoms with van der Waals surface area (Å²) in [5.74, 6) is 1.48. The highest BCUT2D eigenvalue weighted by Gasteiger charge is 2.28. The number of aromatic nitrogens is 1. The molecule has 6 nitrogen and oxygen atoms in total. The van der Waals surface area contributed by atoms with Gasteiger partial charge in [0.1, 0.15) is 0 Å². The van der Waals surface area contributed by atoms with E-state index in [9.17, 15) is 4.79 Å². The zero-order chi connectivity index (χ0) is 20.2. The predicted molar refractivity (Wildman–Crippen MR) is 115 cm³/mol. The van der Waals surface area contributed by atoms with Crippen molar-refractivity contribution in [2.45, 2.75) is 25.8 Å². The van der Waals surface area contributed by atoms with Crippen molar-refractivity contribution in [3.8, 4) is 11.5 Å². The van der Waals surface area contributed by atoms with Gasteiger partial charge >= 0.3 is 0 Å². The molecule has 2 heterocycles. The van der Waals surface area contributed by atoms with Crippen molar-refractivity contribution >= 4 is 23.0 Å². The summed E-state index contributed by atoms with van der Waals surface area (Å²) >= 11 is 0. The lowest BCUT2D eigenvalue weighted by Crippen LogP contribution is -2.35. The number of benzene rings is 2. The van der Waals surface area contributed by atoms with Crippen molar-refractivity contribution in [1.29, 1.82) is 0 Å². The van der Waals surface area contributed by atoms with Crippen LogP contribution in [0.1, 0.15) is 30.5 Å². The van der Waals surface area contributed by atoms with Crippen LogP contribution in [-0.4, -0.2) is 43.1 Å². The van der Waals surface area contributed by atoms with Crippen LogP contribution in [0, 0.1) is 0 Å². The Morgan fingerprint density at radius 1 is 1.28 bits per heavy atom. The number of nitrogens with one attached hydrogen (secondary N) is 2. The fraction of sp³-hybridized carbons (Fsp3) is 0.348. The van der Waals surface area contributed by atoms with Crippen molar-refractivity contribution in [3.05, 3.63) is 53.7 Å². The zero-order valence-electron chi connectivity index (χ0n) is 16.9. The van der Waals surface area contributed by atoms with Gasteiger partial charge in [-0.3, -0.25) is 4.79 Å². The Morgan fingerprint density at radius 2 is 2.14 bits per heavy atom. The van der Waals surface area contributed by atoms with E-state index in [2.05, 4.69) is 28.5 Å². The number of rotatable bonds is 8. The number of carbonyl (C=O) groups excluding carboxylic acids is 1. The van der Waals surface area contributed by atoms with Crippen LogP contribution in [-0.2, 0) is 11.2 Å². The molecule has 0 spiro atoms. The average Bonchev–Trinajstić information content (AvgIpc) is 3.17. The molecule has 3 aromatic rings. The first-order valence-corrected chi connectivity index (χ1v) is 10.1. The predicted octanol–water partition coefficient (Wildman–Crippen LogP) is 4.13. The van der Waals surface area contributed by atoms with E-state index in [0.717, 1.165) is 54.1 Å². The van der Waals surface area contributed by atoms with E-state index in [1.807, 2.05) is 36.2 Å². The average molecular weight is 393 g/mol. The molecule has 1 amide bonds. The summed E-state index contributed by atoms with van der Waals surface area (Å²) in [6.45, 7) is 4.00. The summed E-state index contributed by atoms with van der Waals surface area (Å²) in [4.78, 5) is 16.9. The number of nitrogens with zero attached hydrogens (tertiary/aromatic N) is 1. The van der Waals surface area contributed by atoms with Crippen LogP contribution in [0.3, 0.4) is 0 Å². The summed E-state index contributed by atoms with van der Waals surface area (Å²) in [5, 5.41) is 4.70. The molecule has 29 heavy (non-hydrogen) atoms. The van der Waals surface area contributed by atoms with Gasteiger partial charge in [0.15, 0.2) is 11.5 Å². The van der Waals surface area contributed by atoms with Crippen LogP contribution >= 0.6 is 0 Å². The number of H-pyrrole nitrogens is 1. The van der Waals surface area contributed by atoms with Gasteiger partial charge in [0.25, 0.3) is 0 Å². The molecule has 0 radical (unpaired) electrons. The Labute approximate surface area is 170 Å². The minimum Gasteiger partial charge on any atom is -0.493 e. The van der Waals surface area contributed by atoms with E-state index >= 15 is 0 Å². The van der Waals surface area contributed by atoms with Crippen LogP contribution in [0.25, 0.3) is 10.9 Å². The van der Waals surface area contributed by atoms with E-state index in [4.69, 9.17) is 9.47 Å². The van der Waals surface area contributed by atoms with E-state index in [1.165, 1.54) is 10.9 Å². The van der Waals surface area contributed by atoms with Crippen LogP contribution in [0.2, 0.25) is 0 Å². The fourth-order valence-corrected chi connectivity index (χ4v) is 4.17. The Kier molecular flexibility index (Phi) is 5.60. The van der Waals surface area contributed by atoms with Crippen LogP contribution < -0.4 is 14.8 Å². The molecular formula is C23H27N3O3. The maximum Gasteiger partial charge on any atom is 0.210 e. The smallest absolute Gasteiger partial charge is 0.210 e. The van der Waals surface area contributed by atoms with Crippen molar-refractivity contribution in [2.75, 3.05) is 32.1 Å². The summed E-state index contributed by atoms with van der Waals surface area (Å²) in [7, 11) is 1.66. The minimum atomic E-state index is 0.0130. The van der Waals surface area contributed by atoms with Crippen molar-refractivity contribution in [1.82, 2.24) is 9.88 Å².